The molecule has 3 nitrogen and oxygen atoms in total. The maximum Gasteiger partial charge on any atom is 0.182 e. The first kappa shape index (κ1) is 18.6. The molecule has 0 heterocycles. The van der Waals surface area contributed by atoms with Crippen molar-refractivity contribution in [3.63, 3.8) is 0 Å². The zero-order valence-electron chi connectivity index (χ0n) is 13.3. The predicted octanol–water partition coefficient (Wildman–Crippen LogP) is 5.04. The zero-order chi connectivity index (χ0) is 18.0. The molecule has 0 aliphatic heterocycles. The van der Waals surface area contributed by atoms with E-state index >= 15 is 0 Å². The quantitative estimate of drug-likeness (QED) is 0.702. The van der Waals surface area contributed by atoms with E-state index in [0.29, 0.717) is 29.8 Å². The Morgan fingerprint density at radius 2 is 1.88 bits per heavy atom. The van der Waals surface area contributed by atoms with Gasteiger partial charge in [0.15, 0.2) is 9.84 Å². The van der Waals surface area contributed by atoms with Gasteiger partial charge in [-0.3, -0.25) is 0 Å². The van der Waals surface area contributed by atoms with Gasteiger partial charge >= 0.3 is 0 Å². The van der Waals surface area contributed by atoms with Gasteiger partial charge in [0.2, 0.25) is 0 Å². The largest absolute Gasteiger partial charge is 0.373 e. The topological polar surface area (TPSA) is 43.4 Å². The number of ether oxygens (including phenoxy) is 1. The van der Waals surface area contributed by atoms with Gasteiger partial charge in [-0.15, -0.1) is 0 Å². The lowest BCUT2D eigenvalue weighted by Crippen LogP contribution is -2.20. The van der Waals surface area contributed by atoms with Gasteiger partial charge in [0.05, 0.1) is 27.9 Å². The van der Waals surface area contributed by atoms with Crippen LogP contribution in [-0.4, -0.2) is 19.8 Å². The first-order valence-corrected chi connectivity index (χ1v) is 10.2. The third-order valence-corrected chi connectivity index (χ3v) is 7.36. The molecule has 0 radical (unpaired) electrons. The highest BCUT2D eigenvalue weighted by Gasteiger charge is 2.36. The summed E-state index contributed by atoms with van der Waals surface area (Å²) >= 11 is 11.8. The fourth-order valence-corrected chi connectivity index (χ4v) is 5.53. The van der Waals surface area contributed by atoms with Gasteiger partial charge in [-0.2, -0.15) is 0 Å². The van der Waals surface area contributed by atoms with Crippen molar-refractivity contribution in [2.45, 2.75) is 42.1 Å². The zero-order valence-corrected chi connectivity index (χ0v) is 15.6. The number of benzene rings is 2. The highest BCUT2D eigenvalue weighted by atomic mass is 35.5. The van der Waals surface area contributed by atoms with Crippen LogP contribution in [0.3, 0.4) is 0 Å². The van der Waals surface area contributed by atoms with E-state index in [4.69, 9.17) is 27.9 Å². The third-order valence-electron chi connectivity index (χ3n) is 4.41. The number of hydrogen-bond acceptors (Lipinski definition) is 3. The lowest BCUT2D eigenvalue weighted by Gasteiger charge is -2.15. The van der Waals surface area contributed by atoms with Gasteiger partial charge in [0.25, 0.3) is 0 Å². The Kier molecular flexibility index (Phi) is 5.68. The molecule has 1 aliphatic carbocycles. The van der Waals surface area contributed by atoms with Gasteiger partial charge in [0.1, 0.15) is 5.82 Å². The van der Waals surface area contributed by atoms with Gasteiger partial charge in [-0.05, 0) is 43.5 Å². The summed E-state index contributed by atoms with van der Waals surface area (Å²) < 4.78 is 45.0. The van der Waals surface area contributed by atoms with E-state index in [-0.39, 0.29) is 22.6 Å². The highest BCUT2D eigenvalue weighted by molar-refractivity contribution is 7.92. The molecule has 7 heteroatoms. The molecule has 1 fully saturated rings. The summed E-state index contributed by atoms with van der Waals surface area (Å²) in [5, 5.41) is 0.0237. The van der Waals surface area contributed by atoms with Gasteiger partial charge in [0, 0.05) is 10.6 Å². The van der Waals surface area contributed by atoms with E-state index in [1.54, 1.807) is 30.3 Å². The van der Waals surface area contributed by atoms with Crippen LogP contribution in [0, 0.1) is 5.82 Å². The molecule has 0 saturated heterocycles. The van der Waals surface area contributed by atoms with Crippen LogP contribution in [0.5, 0.6) is 0 Å². The van der Waals surface area contributed by atoms with E-state index in [0.717, 1.165) is 0 Å². The molecule has 0 amide bonds. The van der Waals surface area contributed by atoms with Crippen molar-refractivity contribution in [1.82, 2.24) is 0 Å². The van der Waals surface area contributed by atoms with Crippen LogP contribution in [0.1, 0.15) is 24.8 Å². The standard InChI is InChI=1S/C18H17Cl2FO3S/c19-13-6-5-12(17(21)9-13)11-24-14-7-8-15(10-14)25(22,23)18-4-2-1-3-16(18)20/h1-6,9,14-15H,7-8,10-11H2/t14-,15-/m0/s1. The minimum absolute atomic E-state index is 0.0898. The first-order valence-electron chi connectivity index (χ1n) is 7.92. The molecule has 0 N–H and O–H groups in total. The Morgan fingerprint density at radius 1 is 1.12 bits per heavy atom. The van der Waals surface area contributed by atoms with Crippen molar-refractivity contribution in [3.05, 3.63) is 63.9 Å². The summed E-state index contributed by atoms with van der Waals surface area (Å²) in [5.41, 5.74) is 0.404. The molecule has 1 aliphatic rings. The van der Waals surface area contributed by atoms with Crippen LogP contribution in [0.2, 0.25) is 10.0 Å². The van der Waals surface area contributed by atoms with Gasteiger partial charge in [-0.1, -0.05) is 41.4 Å². The summed E-state index contributed by atoms with van der Waals surface area (Å²) in [4.78, 5) is 0.158. The lowest BCUT2D eigenvalue weighted by molar-refractivity contribution is 0.0442. The molecule has 3 rings (SSSR count). The summed E-state index contributed by atoms with van der Waals surface area (Å²) in [6, 6.07) is 10.9. The molecule has 2 aromatic carbocycles. The fraction of sp³-hybridized carbons (Fsp3) is 0.333. The number of halogens is 3. The molecule has 0 spiro atoms. The summed E-state index contributed by atoms with van der Waals surface area (Å²) in [6.07, 6.45) is 1.27. The van der Waals surface area contributed by atoms with Crippen molar-refractivity contribution in [2.24, 2.45) is 0 Å². The second-order valence-electron chi connectivity index (χ2n) is 6.08. The molecule has 2 aromatic rings. The van der Waals surface area contributed by atoms with Crippen LogP contribution >= 0.6 is 23.2 Å². The van der Waals surface area contributed by atoms with Crippen molar-refractivity contribution in [1.29, 1.82) is 0 Å². The molecule has 0 unspecified atom stereocenters. The lowest BCUT2D eigenvalue weighted by atomic mass is 10.2. The van der Waals surface area contributed by atoms with E-state index in [1.165, 1.54) is 12.1 Å². The minimum atomic E-state index is -3.50. The van der Waals surface area contributed by atoms with Gasteiger partial charge in [-0.25, -0.2) is 12.8 Å². The Hall–Kier alpha value is -1.14. The normalized spacial score (nSPS) is 20.8. The van der Waals surface area contributed by atoms with Crippen molar-refractivity contribution < 1.29 is 17.5 Å². The Labute approximate surface area is 156 Å². The predicted molar refractivity (Wildman–Crippen MR) is 96.3 cm³/mol. The summed E-state index contributed by atoms with van der Waals surface area (Å²) in [5.74, 6) is -0.425. The minimum Gasteiger partial charge on any atom is -0.373 e. The molecular weight excluding hydrogens is 386 g/mol. The number of sulfone groups is 1. The second-order valence-corrected chi connectivity index (χ2v) is 9.12. The summed E-state index contributed by atoms with van der Waals surface area (Å²) in [6.45, 7) is 0.0898. The molecule has 0 aromatic heterocycles. The maximum atomic E-state index is 13.8. The number of rotatable bonds is 5. The van der Waals surface area contributed by atoms with Crippen LogP contribution in [0.4, 0.5) is 4.39 Å². The maximum absolute atomic E-state index is 13.8. The third kappa shape index (κ3) is 4.17. The summed E-state index contributed by atoms with van der Waals surface area (Å²) in [7, 11) is -3.50. The first-order chi connectivity index (χ1) is 11.9. The van der Waals surface area contributed by atoms with Crippen LogP contribution in [0.25, 0.3) is 0 Å². The van der Waals surface area contributed by atoms with E-state index in [2.05, 4.69) is 0 Å². The van der Waals surface area contributed by atoms with Crippen molar-refractivity contribution >= 4 is 33.0 Å². The van der Waals surface area contributed by atoms with Gasteiger partial charge < -0.3 is 4.74 Å². The molecule has 2 atom stereocenters. The van der Waals surface area contributed by atoms with Crippen molar-refractivity contribution in [2.75, 3.05) is 0 Å². The van der Waals surface area contributed by atoms with E-state index < -0.39 is 20.9 Å². The Morgan fingerprint density at radius 3 is 2.60 bits per heavy atom. The second kappa shape index (κ2) is 7.62. The molecule has 1 saturated carbocycles. The molecule has 0 bridgehead atoms. The van der Waals surface area contributed by atoms with Crippen LogP contribution in [0.15, 0.2) is 47.4 Å². The fourth-order valence-electron chi connectivity index (χ4n) is 3.04. The Bertz CT molecular complexity index is 870. The molecular formula is C18H17Cl2FO3S. The highest BCUT2D eigenvalue weighted by Crippen LogP contribution is 2.34. The van der Waals surface area contributed by atoms with Crippen molar-refractivity contribution in [3.8, 4) is 0 Å². The monoisotopic (exact) mass is 402 g/mol. The van der Waals surface area contributed by atoms with Crippen LogP contribution in [-0.2, 0) is 21.2 Å². The SMILES string of the molecule is O=S(=O)(c1ccccc1Cl)[C@H]1CC[C@H](OCc2ccc(Cl)cc2F)C1. The Balaban J connectivity index is 1.65. The van der Waals surface area contributed by atoms with Crippen LogP contribution < -0.4 is 0 Å². The molecule has 134 valence electrons. The smallest absolute Gasteiger partial charge is 0.182 e. The average Bonchev–Trinajstić information content (AvgIpc) is 3.04. The molecule has 25 heavy (non-hydrogen) atoms. The van der Waals surface area contributed by atoms with E-state index in [1.807, 2.05) is 0 Å². The van der Waals surface area contributed by atoms with E-state index in [9.17, 15) is 12.8 Å². The number of hydrogen-bond donors (Lipinski definition) is 0. The average molecular weight is 403 g/mol.